The molecule has 2 aromatic rings. The van der Waals surface area contributed by atoms with Crippen molar-refractivity contribution in [1.82, 2.24) is 5.32 Å². The van der Waals surface area contributed by atoms with Crippen LogP contribution in [0.2, 0.25) is 0 Å². The van der Waals surface area contributed by atoms with E-state index in [1.807, 2.05) is 19.1 Å². The van der Waals surface area contributed by atoms with Crippen LogP contribution in [-0.2, 0) is 6.42 Å². The van der Waals surface area contributed by atoms with Crippen molar-refractivity contribution in [1.29, 1.82) is 0 Å². The van der Waals surface area contributed by atoms with Crippen LogP contribution < -0.4 is 11.1 Å². The number of hydrogen-bond donors (Lipinski definition) is 2. The zero-order valence-electron chi connectivity index (χ0n) is 11.6. The number of aryl methyl sites for hydroxylation is 1. The third-order valence-corrected chi connectivity index (χ3v) is 3.91. The number of nitrogens with two attached hydrogens (primary N) is 1. The highest BCUT2D eigenvalue weighted by Gasteiger charge is 2.12. The molecule has 1 aromatic heterocycles. The number of thiophene rings is 1. The van der Waals surface area contributed by atoms with Gasteiger partial charge in [-0.05, 0) is 38.1 Å². The highest BCUT2D eigenvalue weighted by Crippen LogP contribution is 2.17. The van der Waals surface area contributed by atoms with Gasteiger partial charge in [0.05, 0.1) is 5.56 Å². The Labute approximate surface area is 129 Å². The van der Waals surface area contributed by atoms with E-state index in [2.05, 4.69) is 24.4 Å². The van der Waals surface area contributed by atoms with Crippen molar-refractivity contribution in [3.05, 3.63) is 51.7 Å². The SMILES string of the molecule is Cc1ccc(CC(C)NC(=O)c2ccccc2N)s1.Cl. The molecule has 0 saturated heterocycles. The third kappa shape index (κ3) is 4.25. The van der Waals surface area contributed by atoms with Crippen LogP contribution in [0.3, 0.4) is 0 Å². The Morgan fingerprint density at radius 1 is 1.30 bits per heavy atom. The van der Waals surface area contributed by atoms with Gasteiger partial charge in [0.2, 0.25) is 0 Å². The summed E-state index contributed by atoms with van der Waals surface area (Å²) >= 11 is 1.77. The zero-order valence-corrected chi connectivity index (χ0v) is 13.2. The monoisotopic (exact) mass is 310 g/mol. The van der Waals surface area contributed by atoms with Crippen LogP contribution in [0.5, 0.6) is 0 Å². The van der Waals surface area contributed by atoms with Crippen LogP contribution in [0.4, 0.5) is 5.69 Å². The molecule has 2 rings (SSSR count). The van der Waals surface area contributed by atoms with Crippen molar-refractivity contribution in [2.24, 2.45) is 0 Å². The van der Waals surface area contributed by atoms with E-state index < -0.39 is 0 Å². The van der Waals surface area contributed by atoms with Crippen molar-refractivity contribution in [3.63, 3.8) is 0 Å². The second-order valence-corrected chi connectivity index (χ2v) is 6.05. The summed E-state index contributed by atoms with van der Waals surface area (Å²) in [4.78, 5) is 14.7. The molecular weight excluding hydrogens is 292 g/mol. The number of amides is 1. The topological polar surface area (TPSA) is 55.1 Å². The number of carbonyl (C=O) groups is 1. The molecule has 0 aliphatic rings. The van der Waals surface area contributed by atoms with Gasteiger partial charge in [-0.2, -0.15) is 0 Å². The van der Waals surface area contributed by atoms with E-state index in [4.69, 9.17) is 5.73 Å². The van der Waals surface area contributed by atoms with E-state index in [9.17, 15) is 4.79 Å². The molecule has 0 radical (unpaired) electrons. The van der Waals surface area contributed by atoms with Crippen LogP contribution in [0.15, 0.2) is 36.4 Å². The molecular formula is C15H19ClN2OS. The Morgan fingerprint density at radius 2 is 2.00 bits per heavy atom. The number of benzene rings is 1. The average Bonchev–Trinajstić information content (AvgIpc) is 2.74. The van der Waals surface area contributed by atoms with Crippen molar-refractivity contribution in [2.75, 3.05) is 5.73 Å². The Morgan fingerprint density at radius 3 is 2.60 bits per heavy atom. The number of anilines is 1. The van der Waals surface area contributed by atoms with Gasteiger partial charge in [0.15, 0.2) is 0 Å². The van der Waals surface area contributed by atoms with Crippen molar-refractivity contribution in [3.8, 4) is 0 Å². The largest absolute Gasteiger partial charge is 0.398 e. The van der Waals surface area contributed by atoms with Crippen LogP contribution in [0.1, 0.15) is 27.0 Å². The Bertz CT molecular complexity index is 583. The molecule has 1 atom stereocenters. The Hall–Kier alpha value is -1.52. The summed E-state index contributed by atoms with van der Waals surface area (Å²) in [7, 11) is 0. The predicted octanol–water partition coefficient (Wildman–Crippen LogP) is 3.42. The summed E-state index contributed by atoms with van der Waals surface area (Å²) in [6, 6.07) is 11.4. The summed E-state index contributed by atoms with van der Waals surface area (Å²) in [6.45, 7) is 4.09. The summed E-state index contributed by atoms with van der Waals surface area (Å²) in [5, 5.41) is 2.98. The second kappa shape index (κ2) is 7.31. The maximum Gasteiger partial charge on any atom is 0.253 e. The van der Waals surface area contributed by atoms with Gasteiger partial charge in [0.25, 0.3) is 5.91 Å². The first-order chi connectivity index (χ1) is 9.06. The summed E-state index contributed by atoms with van der Waals surface area (Å²) in [5.74, 6) is -0.112. The van der Waals surface area contributed by atoms with E-state index in [1.54, 1.807) is 23.5 Å². The summed E-state index contributed by atoms with van der Waals surface area (Å²) < 4.78 is 0. The fourth-order valence-corrected chi connectivity index (χ4v) is 2.97. The third-order valence-electron chi connectivity index (χ3n) is 2.89. The summed E-state index contributed by atoms with van der Waals surface area (Å²) in [5.41, 5.74) is 6.85. The van der Waals surface area contributed by atoms with E-state index in [0.29, 0.717) is 11.3 Å². The molecule has 1 aromatic carbocycles. The van der Waals surface area contributed by atoms with E-state index in [1.165, 1.54) is 9.75 Å². The zero-order chi connectivity index (χ0) is 13.8. The molecule has 3 N–H and O–H groups in total. The minimum Gasteiger partial charge on any atom is -0.398 e. The number of carbonyl (C=O) groups excluding carboxylic acids is 1. The minimum atomic E-state index is -0.112. The van der Waals surface area contributed by atoms with Crippen molar-refractivity contribution >= 4 is 35.3 Å². The molecule has 0 saturated carbocycles. The first-order valence-corrected chi connectivity index (χ1v) is 7.08. The average molecular weight is 311 g/mol. The minimum absolute atomic E-state index is 0. The van der Waals surface area contributed by atoms with Crippen LogP contribution in [0, 0.1) is 6.92 Å². The number of halogens is 1. The molecule has 20 heavy (non-hydrogen) atoms. The molecule has 1 heterocycles. The highest BCUT2D eigenvalue weighted by atomic mass is 35.5. The first-order valence-electron chi connectivity index (χ1n) is 6.27. The van der Waals surface area contributed by atoms with Gasteiger partial charge in [0, 0.05) is 27.9 Å². The fourth-order valence-electron chi connectivity index (χ4n) is 1.95. The lowest BCUT2D eigenvalue weighted by Gasteiger charge is -2.13. The molecule has 3 nitrogen and oxygen atoms in total. The number of para-hydroxylation sites is 1. The highest BCUT2D eigenvalue weighted by molar-refractivity contribution is 7.11. The quantitative estimate of drug-likeness (QED) is 0.850. The van der Waals surface area contributed by atoms with Gasteiger partial charge < -0.3 is 11.1 Å². The Kier molecular flexibility index (Phi) is 6.05. The molecule has 0 fully saturated rings. The lowest BCUT2D eigenvalue weighted by Crippen LogP contribution is -2.34. The van der Waals surface area contributed by atoms with E-state index in [-0.39, 0.29) is 24.4 Å². The van der Waals surface area contributed by atoms with Gasteiger partial charge in [0.1, 0.15) is 0 Å². The number of rotatable bonds is 4. The van der Waals surface area contributed by atoms with E-state index >= 15 is 0 Å². The van der Waals surface area contributed by atoms with Crippen LogP contribution in [-0.4, -0.2) is 11.9 Å². The number of nitrogen functional groups attached to an aromatic ring is 1. The van der Waals surface area contributed by atoms with E-state index in [0.717, 1.165) is 6.42 Å². The fraction of sp³-hybridized carbons (Fsp3) is 0.267. The van der Waals surface area contributed by atoms with Gasteiger partial charge in [-0.1, -0.05) is 12.1 Å². The number of hydrogen-bond acceptors (Lipinski definition) is 3. The molecule has 0 aliphatic heterocycles. The normalized spacial score (nSPS) is 11.5. The van der Waals surface area contributed by atoms with Crippen molar-refractivity contribution in [2.45, 2.75) is 26.3 Å². The smallest absolute Gasteiger partial charge is 0.253 e. The maximum absolute atomic E-state index is 12.1. The summed E-state index contributed by atoms with van der Waals surface area (Å²) in [6.07, 6.45) is 0.844. The van der Waals surface area contributed by atoms with Gasteiger partial charge >= 0.3 is 0 Å². The molecule has 1 unspecified atom stereocenters. The molecule has 108 valence electrons. The maximum atomic E-state index is 12.1. The molecule has 5 heteroatoms. The Balaban J connectivity index is 0.00000200. The predicted molar refractivity (Wildman–Crippen MR) is 87.8 cm³/mol. The molecule has 0 bridgehead atoms. The van der Waals surface area contributed by atoms with Crippen molar-refractivity contribution < 1.29 is 4.79 Å². The lowest BCUT2D eigenvalue weighted by atomic mass is 10.1. The van der Waals surface area contributed by atoms with Crippen LogP contribution >= 0.6 is 23.7 Å². The van der Waals surface area contributed by atoms with Gasteiger partial charge in [-0.15, -0.1) is 23.7 Å². The second-order valence-electron chi connectivity index (χ2n) is 4.68. The first kappa shape index (κ1) is 16.5. The molecule has 0 spiro atoms. The van der Waals surface area contributed by atoms with Gasteiger partial charge in [-0.3, -0.25) is 4.79 Å². The lowest BCUT2D eigenvalue weighted by molar-refractivity contribution is 0.0941. The molecule has 0 aliphatic carbocycles. The van der Waals surface area contributed by atoms with Gasteiger partial charge in [-0.25, -0.2) is 0 Å². The standard InChI is InChI=1S/C15H18N2OS.ClH/c1-10(9-12-8-7-11(2)19-12)17-15(18)13-5-3-4-6-14(13)16;/h3-8,10H,9,16H2,1-2H3,(H,17,18);1H. The number of nitrogens with one attached hydrogen (secondary N) is 1. The van der Waals surface area contributed by atoms with Crippen LogP contribution in [0.25, 0.3) is 0 Å². The molecule has 1 amide bonds.